The second-order valence-corrected chi connectivity index (χ2v) is 3.70. The van der Waals surface area contributed by atoms with Crippen LogP contribution < -0.4 is 10.7 Å². The molecule has 0 aromatic heterocycles. The van der Waals surface area contributed by atoms with Gasteiger partial charge in [0.25, 0.3) is 5.91 Å². The van der Waals surface area contributed by atoms with Gasteiger partial charge in [-0.15, -0.1) is 0 Å². The smallest absolute Gasteiger partial charge is 0.346 e. The minimum atomic E-state index is -0.692. The third-order valence-corrected chi connectivity index (χ3v) is 2.46. The molecule has 0 spiro atoms. The van der Waals surface area contributed by atoms with E-state index in [0.29, 0.717) is 10.0 Å². The number of hydrogen-bond donors (Lipinski definition) is 2. The molecular weight excluding hydrogens is 234 g/mol. The van der Waals surface area contributed by atoms with Crippen LogP contribution in [0.4, 0.5) is 10.5 Å². The van der Waals surface area contributed by atoms with E-state index in [1.165, 1.54) is 18.2 Å². The van der Waals surface area contributed by atoms with Gasteiger partial charge in [0.15, 0.2) is 0 Å². The third kappa shape index (κ3) is 1.58. The number of amides is 3. The van der Waals surface area contributed by atoms with E-state index >= 15 is 0 Å². The van der Waals surface area contributed by atoms with Crippen molar-refractivity contribution in [3.63, 3.8) is 0 Å². The zero-order valence-electron chi connectivity index (χ0n) is 8.05. The summed E-state index contributed by atoms with van der Waals surface area (Å²) in [7, 11) is 0. The molecule has 0 saturated carbocycles. The van der Waals surface area contributed by atoms with E-state index in [1.807, 2.05) is 0 Å². The fourth-order valence-corrected chi connectivity index (χ4v) is 1.58. The number of benzene rings is 1. The summed E-state index contributed by atoms with van der Waals surface area (Å²) in [5.41, 5.74) is 0.166. The molecule has 1 aromatic rings. The highest BCUT2D eigenvalue weighted by Crippen LogP contribution is 2.32. The molecule has 0 unspecified atom stereocenters. The van der Waals surface area contributed by atoms with Crippen molar-refractivity contribution in [2.75, 3.05) is 11.4 Å². The predicted molar refractivity (Wildman–Crippen MR) is 56.9 cm³/mol. The van der Waals surface area contributed by atoms with Gasteiger partial charge in [-0.1, -0.05) is 11.6 Å². The van der Waals surface area contributed by atoms with Crippen LogP contribution in [0.5, 0.6) is 5.75 Å². The number of halogens is 1. The highest BCUT2D eigenvalue weighted by Gasteiger charge is 2.36. The van der Waals surface area contributed by atoms with Crippen LogP contribution in [0.1, 0.15) is 0 Å². The summed E-state index contributed by atoms with van der Waals surface area (Å²) in [6.07, 6.45) is 0. The lowest BCUT2D eigenvalue weighted by Crippen LogP contribution is -2.38. The molecule has 2 rings (SSSR count). The van der Waals surface area contributed by atoms with Crippen LogP contribution in [0.25, 0.3) is 0 Å². The van der Waals surface area contributed by atoms with Gasteiger partial charge in [-0.2, -0.15) is 5.01 Å². The molecule has 0 aliphatic carbocycles. The first-order valence-electron chi connectivity index (χ1n) is 4.38. The topological polar surface area (TPSA) is 86.9 Å². The van der Waals surface area contributed by atoms with E-state index in [2.05, 4.69) is 0 Å². The van der Waals surface area contributed by atoms with Gasteiger partial charge in [0.1, 0.15) is 12.3 Å². The lowest BCUT2D eigenvalue weighted by Gasteiger charge is -2.15. The van der Waals surface area contributed by atoms with E-state index in [9.17, 15) is 14.7 Å². The van der Waals surface area contributed by atoms with Gasteiger partial charge in [0, 0.05) is 5.02 Å². The number of phenols is 1. The minimum absolute atomic E-state index is 0.138. The number of phenolic OH excluding ortho intramolecular Hbond substituents is 1. The summed E-state index contributed by atoms with van der Waals surface area (Å²) in [6.45, 7) is -0.205. The highest BCUT2D eigenvalue weighted by atomic mass is 35.5. The van der Waals surface area contributed by atoms with Gasteiger partial charge in [0.05, 0.1) is 5.69 Å². The SMILES string of the molecule is NN1C(=O)CN(c2cc(Cl)ccc2O)C1=O. The molecule has 0 radical (unpaired) electrons. The molecule has 16 heavy (non-hydrogen) atoms. The van der Waals surface area contributed by atoms with Crippen LogP contribution in [0.3, 0.4) is 0 Å². The van der Waals surface area contributed by atoms with Crippen LogP contribution in [0.15, 0.2) is 18.2 Å². The van der Waals surface area contributed by atoms with Gasteiger partial charge in [-0.3, -0.25) is 9.69 Å². The Morgan fingerprint density at radius 2 is 2.06 bits per heavy atom. The molecule has 0 atom stereocenters. The number of nitrogens with zero attached hydrogens (tertiary/aromatic N) is 2. The largest absolute Gasteiger partial charge is 0.506 e. The van der Waals surface area contributed by atoms with Gasteiger partial charge < -0.3 is 5.11 Å². The van der Waals surface area contributed by atoms with E-state index in [-0.39, 0.29) is 18.0 Å². The fourth-order valence-electron chi connectivity index (χ4n) is 1.42. The maximum atomic E-state index is 11.5. The molecule has 3 amide bonds. The third-order valence-electron chi connectivity index (χ3n) is 2.23. The number of imide groups is 1. The van der Waals surface area contributed by atoms with Crippen LogP contribution in [-0.4, -0.2) is 28.6 Å². The number of nitrogens with two attached hydrogens (primary N) is 1. The maximum Gasteiger partial charge on any atom is 0.346 e. The maximum absolute atomic E-state index is 11.5. The molecule has 7 heteroatoms. The van der Waals surface area contributed by atoms with Crippen molar-refractivity contribution in [1.82, 2.24) is 5.01 Å². The lowest BCUT2D eigenvalue weighted by atomic mass is 10.2. The quantitative estimate of drug-likeness (QED) is 0.430. The number of anilines is 1. The molecular formula is C9H8ClN3O3. The Hall–Kier alpha value is -1.79. The van der Waals surface area contributed by atoms with E-state index in [0.717, 1.165) is 4.90 Å². The zero-order chi connectivity index (χ0) is 11.9. The van der Waals surface area contributed by atoms with Crippen molar-refractivity contribution < 1.29 is 14.7 Å². The summed E-state index contributed by atoms with van der Waals surface area (Å²) in [5.74, 6) is 4.54. The van der Waals surface area contributed by atoms with Gasteiger partial charge in [-0.05, 0) is 18.2 Å². The summed E-state index contributed by atoms with van der Waals surface area (Å²) in [6, 6.07) is 3.52. The number of carbonyl (C=O) groups excluding carboxylic acids is 2. The van der Waals surface area contributed by atoms with Crippen molar-refractivity contribution in [2.24, 2.45) is 5.84 Å². The predicted octanol–water partition coefficient (Wildman–Crippen LogP) is 0.688. The Kier molecular flexibility index (Phi) is 2.45. The Balaban J connectivity index is 2.42. The molecule has 1 saturated heterocycles. The van der Waals surface area contributed by atoms with Crippen LogP contribution in [0, 0.1) is 0 Å². The second kappa shape index (κ2) is 3.66. The first-order chi connectivity index (χ1) is 7.50. The van der Waals surface area contributed by atoms with E-state index in [1.54, 1.807) is 0 Å². The van der Waals surface area contributed by atoms with Gasteiger partial charge in [-0.25, -0.2) is 10.6 Å². The normalized spacial score (nSPS) is 16.1. The first kappa shape index (κ1) is 10.7. The van der Waals surface area contributed by atoms with Gasteiger partial charge >= 0.3 is 6.03 Å². The van der Waals surface area contributed by atoms with Crippen molar-refractivity contribution >= 4 is 29.2 Å². The number of carbonyl (C=O) groups is 2. The Bertz CT molecular complexity index is 477. The number of hydrazine groups is 1. The van der Waals surface area contributed by atoms with Gasteiger partial charge in [0.2, 0.25) is 0 Å². The Morgan fingerprint density at radius 1 is 1.38 bits per heavy atom. The molecule has 84 valence electrons. The average molecular weight is 242 g/mol. The Morgan fingerprint density at radius 3 is 2.62 bits per heavy atom. The number of aromatic hydroxyl groups is 1. The van der Waals surface area contributed by atoms with Crippen LogP contribution >= 0.6 is 11.6 Å². The molecule has 6 nitrogen and oxygen atoms in total. The molecule has 1 aliphatic rings. The van der Waals surface area contributed by atoms with Crippen molar-refractivity contribution in [3.05, 3.63) is 23.2 Å². The van der Waals surface area contributed by atoms with E-state index < -0.39 is 11.9 Å². The van der Waals surface area contributed by atoms with Crippen molar-refractivity contribution in [1.29, 1.82) is 0 Å². The summed E-state index contributed by atoms with van der Waals surface area (Å²) >= 11 is 5.74. The lowest BCUT2D eigenvalue weighted by molar-refractivity contribution is -0.125. The standard InChI is InChI=1S/C9H8ClN3O3/c10-5-1-2-7(14)6(3-5)12-4-8(15)13(11)9(12)16/h1-3,14H,4,11H2. The summed E-state index contributed by atoms with van der Waals surface area (Å²) in [5, 5.41) is 10.4. The van der Waals surface area contributed by atoms with Crippen molar-refractivity contribution in [2.45, 2.75) is 0 Å². The molecule has 0 bridgehead atoms. The van der Waals surface area contributed by atoms with Crippen LogP contribution in [0.2, 0.25) is 5.02 Å². The summed E-state index contributed by atoms with van der Waals surface area (Å²) < 4.78 is 0. The molecule has 1 aliphatic heterocycles. The monoisotopic (exact) mass is 241 g/mol. The first-order valence-corrected chi connectivity index (χ1v) is 4.76. The zero-order valence-corrected chi connectivity index (χ0v) is 8.81. The van der Waals surface area contributed by atoms with E-state index in [4.69, 9.17) is 17.4 Å². The van der Waals surface area contributed by atoms with Crippen LogP contribution in [-0.2, 0) is 4.79 Å². The average Bonchev–Trinajstić information content (AvgIpc) is 2.50. The number of hydrogen-bond acceptors (Lipinski definition) is 4. The molecule has 1 fully saturated rings. The fraction of sp³-hybridized carbons (Fsp3) is 0.111. The highest BCUT2D eigenvalue weighted by molar-refractivity contribution is 6.31. The molecule has 1 aromatic carbocycles. The Labute approximate surface area is 95.8 Å². The number of urea groups is 1. The van der Waals surface area contributed by atoms with Crippen molar-refractivity contribution in [3.8, 4) is 5.75 Å². The number of rotatable bonds is 1. The summed E-state index contributed by atoms with van der Waals surface area (Å²) in [4.78, 5) is 23.8. The molecule has 3 N–H and O–H groups in total. The minimum Gasteiger partial charge on any atom is -0.506 e. The second-order valence-electron chi connectivity index (χ2n) is 3.27. The molecule has 1 heterocycles.